The number of imide groups is 1. The van der Waals surface area contributed by atoms with Gasteiger partial charge >= 0.3 is 0 Å². The topological polar surface area (TPSA) is 74.8 Å². The molecule has 0 aromatic heterocycles. The lowest BCUT2D eigenvalue weighted by Gasteiger charge is -2.35. The number of benzene rings is 2. The summed E-state index contributed by atoms with van der Waals surface area (Å²) in [5, 5.41) is 2.05. The van der Waals surface area contributed by atoms with Gasteiger partial charge < -0.3 is 0 Å². The minimum atomic E-state index is -1.09. The van der Waals surface area contributed by atoms with Gasteiger partial charge in [-0.2, -0.15) is 5.01 Å². The van der Waals surface area contributed by atoms with Crippen molar-refractivity contribution in [3.05, 3.63) is 82.4 Å². The first-order valence-electron chi connectivity index (χ1n) is 10.5. The molecule has 0 spiro atoms. The molecule has 1 aliphatic carbocycles. The van der Waals surface area contributed by atoms with Gasteiger partial charge in [0, 0.05) is 5.56 Å². The highest BCUT2D eigenvalue weighted by Crippen LogP contribution is 2.37. The number of amides is 3. The number of rotatable bonds is 5. The van der Waals surface area contributed by atoms with Gasteiger partial charge in [-0.1, -0.05) is 65.7 Å². The number of Topliss-reactive ketones (excluding diaryl/α,β-unsaturated/α-hetero) is 1. The van der Waals surface area contributed by atoms with Gasteiger partial charge in [0.15, 0.2) is 5.78 Å². The summed E-state index contributed by atoms with van der Waals surface area (Å²) in [7, 11) is 0. The lowest BCUT2D eigenvalue weighted by molar-refractivity contribution is -0.156. The van der Waals surface area contributed by atoms with Crippen LogP contribution in [-0.2, 0) is 9.59 Å². The number of hydrazine groups is 1. The van der Waals surface area contributed by atoms with E-state index in [1.54, 1.807) is 42.5 Å². The summed E-state index contributed by atoms with van der Waals surface area (Å²) in [6.45, 7) is 3.43. The average molecular weight is 451 g/mol. The SMILES string of the molecule is Cc1ccc(C(=O)[C@@H](C)N(C(=O)c2ccccc2Cl)N2C(=O)[C@H]3CC=CC[C@H]3C2=O)cc1. The minimum absolute atomic E-state index is 0.117. The molecule has 1 heterocycles. The second-order valence-electron chi connectivity index (χ2n) is 8.18. The van der Waals surface area contributed by atoms with Crippen LogP contribution in [-0.4, -0.2) is 39.6 Å². The van der Waals surface area contributed by atoms with Gasteiger partial charge in [-0.25, -0.2) is 5.01 Å². The lowest BCUT2D eigenvalue weighted by atomic mass is 9.85. The molecule has 6 nitrogen and oxygen atoms in total. The van der Waals surface area contributed by atoms with Gasteiger partial charge in [-0.05, 0) is 38.8 Å². The number of hydrogen-bond acceptors (Lipinski definition) is 4. The fraction of sp³-hybridized carbons (Fsp3) is 0.280. The van der Waals surface area contributed by atoms with Crippen molar-refractivity contribution in [1.82, 2.24) is 10.0 Å². The number of carbonyl (C=O) groups excluding carboxylic acids is 4. The normalized spacial score (nSPS) is 20.8. The Morgan fingerprint density at radius 1 is 0.969 bits per heavy atom. The number of ketones is 1. The van der Waals surface area contributed by atoms with Crippen LogP contribution in [0, 0.1) is 18.8 Å². The summed E-state index contributed by atoms with van der Waals surface area (Å²) in [6, 6.07) is 12.2. The second kappa shape index (κ2) is 8.71. The van der Waals surface area contributed by atoms with Crippen molar-refractivity contribution in [2.24, 2.45) is 11.8 Å². The van der Waals surface area contributed by atoms with E-state index in [4.69, 9.17) is 11.6 Å². The monoisotopic (exact) mass is 450 g/mol. The van der Waals surface area contributed by atoms with Gasteiger partial charge in [0.25, 0.3) is 17.7 Å². The van der Waals surface area contributed by atoms with Crippen molar-refractivity contribution in [2.75, 3.05) is 0 Å². The Morgan fingerprint density at radius 3 is 2.09 bits per heavy atom. The fourth-order valence-corrected chi connectivity index (χ4v) is 4.48. The maximum absolute atomic E-state index is 13.6. The van der Waals surface area contributed by atoms with E-state index < -0.39 is 35.6 Å². The third-order valence-corrected chi connectivity index (χ3v) is 6.42. The van der Waals surface area contributed by atoms with Gasteiger partial charge in [-0.15, -0.1) is 0 Å². The first kappa shape index (κ1) is 22.0. The van der Waals surface area contributed by atoms with Crippen LogP contribution in [0.5, 0.6) is 0 Å². The van der Waals surface area contributed by atoms with E-state index in [2.05, 4.69) is 0 Å². The standard InChI is InChI=1S/C25H23ClN2O4/c1-15-11-13-17(14-12-15)22(29)16(2)27(25(32)20-9-5-6-10-21(20)26)28-23(30)18-7-3-4-8-19(18)24(28)31/h3-6,9-14,16,18-19H,7-8H2,1-2H3/t16-,18-,19+/m1/s1. The zero-order valence-electron chi connectivity index (χ0n) is 17.8. The molecule has 7 heteroatoms. The minimum Gasteiger partial charge on any atom is -0.292 e. The molecule has 0 radical (unpaired) electrons. The second-order valence-corrected chi connectivity index (χ2v) is 8.59. The van der Waals surface area contributed by atoms with Crippen molar-refractivity contribution in [1.29, 1.82) is 0 Å². The Morgan fingerprint density at radius 2 is 1.53 bits per heavy atom. The molecular formula is C25H23ClN2O4. The van der Waals surface area contributed by atoms with Gasteiger partial charge in [0.2, 0.25) is 0 Å². The van der Waals surface area contributed by atoms with Crippen LogP contribution in [0.4, 0.5) is 0 Å². The first-order valence-corrected chi connectivity index (χ1v) is 10.9. The Kier molecular flexibility index (Phi) is 5.98. The summed E-state index contributed by atoms with van der Waals surface area (Å²) >= 11 is 6.25. The van der Waals surface area contributed by atoms with Crippen LogP contribution in [0.3, 0.4) is 0 Å². The lowest BCUT2D eigenvalue weighted by Crippen LogP contribution is -2.56. The molecule has 2 aliphatic rings. The van der Waals surface area contributed by atoms with Crippen LogP contribution in [0.1, 0.15) is 46.0 Å². The van der Waals surface area contributed by atoms with Crippen LogP contribution in [0.15, 0.2) is 60.7 Å². The number of halogens is 1. The summed E-state index contributed by atoms with van der Waals surface area (Å²) in [6.07, 6.45) is 4.61. The van der Waals surface area contributed by atoms with Crippen LogP contribution in [0.25, 0.3) is 0 Å². The highest BCUT2D eigenvalue weighted by Gasteiger charge is 2.52. The molecular weight excluding hydrogens is 428 g/mol. The van der Waals surface area contributed by atoms with E-state index in [9.17, 15) is 19.2 Å². The maximum atomic E-state index is 13.6. The molecule has 0 saturated carbocycles. The molecule has 0 unspecified atom stereocenters. The zero-order valence-corrected chi connectivity index (χ0v) is 18.6. The molecule has 0 bridgehead atoms. The van der Waals surface area contributed by atoms with Crippen molar-refractivity contribution < 1.29 is 19.2 Å². The zero-order chi connectivity index (χ0) is 23.0. The van der Waals surface area contributed by atoms with Crippen LogP contribution < -0.4 is 0 Å². The largest absolute Gasteiger partial charge is 0.292 e. The number of aryl methyl sites for hydroxylation is 1. The Labute approximate surface area is 191 Å². The number of hydrogen-bond donors (Lipinski definition) is 0. The number of fused-ring (bicyclic) bond motifs is 1. The smallest absolute Gasteiger partial charge is 0.275 e. The van der Waals surface area contributed by atoms with E-state index >= 15 is 0 Å². The summed E-state index contributed by atoms with van der Waals surface area (Å²) < 4.78 is 0. The molecule has 2 aromatic carbocycles. The molecule has 3 amide bonds. The molecule has 1 fully saturated rings. The molecule has 3 atom stereocenters. The van der Waals surface area contributed by atoms with Crippen LogP contribution >= 0.6 is 11.6 Å². The number of allylic oxidation sites excluding steroid dienone is 2. The third-order valence-electron chi connectivity index (χ3n) is 6.09. The predicted octanol–water partition coefficient (Wildman–Crippen LogP) is 4.23. The molecule has 32 heavy (non-hydrogen) atoms. The van der Waals surface area contributed by atoms with Gasteiger partial charge in [0.05, 0.1) is 22.4 Å². The maximum Gasteiger partial charge on any atom is 0.275 e. The molecule has 164 valence electrons. The summed E-state index contributed by atoms with van der Waals surface area (Å²) in [4.78, 5) is 53.4. The van der Waals surface area contributed by atoms with Crippen molar-refractivity contribution >= 4 is 35.1 Å². The molecule has 0 N–H and O–H groups in total. The number of nitrogens with zero attached hydrogens (tertiary/aromatic N) is 2. The fourth-order valence-electron chi connectivity index (χ4n) is 4.26. The quantitative estimate of drug-likeness (QED) is 0.388. The first-order chi connectivity index (χ1) is 15.3. The number of carbonyl (C=O) groups is 4. The Balaban J connectivity index is 1.76. The van der Waals surface area contributed by atoms with E-state index in [-0.39, 0.29) is 16.4 Å². The van der Waals surface area contributed by atoms with Gasteiger partial charge in [-0.3, -0.25) is 19.2 Å². The highest BCUT2D eigenvalue weighted by molar-refractivity contribution is 6.34. The Hall–Kier alpha value is -3.25. The molecule has 1 aliphatic heterocycles. The van der Waals surface area contributed by atoms with Crippen molar-refractivity contribution in [3.63, 3.8) is 0 Å². The van der Waals surface area contributed by atoms with Crippen molar-refractivity contribution in [2.45, 2.75) is 32.7 Å². The summed E-state index contributed by atoms with van der Waals surface area (Å²) in [5.41, 5.74) is 1.49. The highest BCUT2D eigenvalue weighted by atomic mass is 35.5. The molecule has 1 saturated heterocycles. The van der Waals surface area contributed by atoms with E-state index in [1.807, 2.05) is 19.1 Å². The van der Waals surface area contributed by atoms with E-state index in [0.29, 0.717) is 18.4 Å². The molecule has 2 aromatic rings. The van der Waals surface area contributed by atoms with Gasteiger partial charge in [0.1, 0.15) is 6.04 Å². The van der Waals surface area contributed by atoms with E-state index in [0.717, 1.165) is 15.6 Å². The predicted molar refractivity (Wildman–Crippen MR) is 120 cm³/mol. The van der Waals surface area contributed by atoms with Crippen molar-refractivity contribution in [3.8, 4) is 0 Å². The average Bonchev–Trinajstić information content (AvgIpc) is 3.05. The summed E-state index contributed by atoms with van der Waals surface area (Å²) in [5.74, 6) is -3.04. The Bertz CT molecular complexity index is 1100. The molecule has 4 rings (SSSR count). The van der Waals surface area contributed by atoms with Crippen LogP contribution in [0.2, 0.25) is 5.02 Å². The van der Waals surface area contributed by atoms with E-state index in [1.165, 1.54) is 13.0 Å². The third kappa shape index (κ3) is 3.75.